The van der Waals surface area contributed by atoms with E-state index in [9.17, 15) is 9.18 Å². The molecule has 1 atom stereocenters. The Labute approximate surface area is 99.2 Å². The van der Waals surface area contributed by atoms with Crippen LogP contribution < -0.4 is 5.73 Å². The Morgan fingerprint density at radius 2 is 2.12 bits per heavy atom. The van der Waals surface area contributed by atoms with Crippen molar-refractivity contribution in [3.8, 4) is 5.75 Å². The van der Waals surface area contributed by atoms with Crippen LogP contribution in [-0.2, 0) is 9.53 Å². The van der Waals surface area contributed by atoms with E-state index >= 15 is 0 Å². The smallest absolute Gasteiger partial charge is 0.313 e. The molecule has 3 N–H and O–H groups in total. The number of esters is 1. The Morgan fingerprint density at radius 1 is 1.53 bits per heavy atom. The van der Waals surface area contributed by atoms with Gasteiger partial charge in [-0.2, -0.15) is 0 Å². The number of phenols is 1. The molecule has 0 aliphatic heterocycles. The van der Waals surface area contributed by atoms with Gasteiger partial charge in [0.2, 0.25) is 0 Å². The van der Waals surface area contributed by atoms with Gasteiger partial charge in [-0.25, -0.2) is 4.39 Å². The van der Waals surface area contributed by atoms with Gasteiger partial charge in [0.15, 0.2) is 0 Å². The zero-order valence-corrected chi connectivity index (χ0v) is 10.0. The summed E-state index contributed by atoms with van der Waals surface area (Å²) in [6, 6.07) is 2.80. The molecule has 1 aromatic carbocycles. The second-order valence-electron chi connectivity index (χ2n) is 4.40. The number of phenolic OH excluding ortho intramolecular Hbond substituents is 1. The van der Waals surface area contributed by atoms with Crippen LogP contribution in [0.15, 0.2) is 18.2 Å². The molecule has 0 saturated carbocycles. The van der Waals surface area contributed by atoms with Gasteiger partial charge in [0.05, 0.1) is 12.5 Å². The van der Waals surface area contributed by atoms with E-state index in [1.807, 2.05) is 0 Å². The molecule has 0 heterocycles. The zero-order chi connectivity index (χ0) is 13.2. The summed E-state index contributed by atoms with van der Waals surface area (Å²) in [6.45, 7) is 3.16. The van der Waals surface area contributed by atoms with E-state index in [2.05, 4.69) is 4.74 Å². The lowest BCUT2D eigenvalue weighted by Crippen LogP contribution is -2.37. The van der Waals surface area contributed by atoms with Gasteiger partial charge in [0.1, 0.15) is 11.6 Å². The molecule has 0 fully saturated rings. The molecule has 1 rings (SSSR count). The lowest BCUT2D eigenvalue weighted by Gasteiger charge is -2.29. The minimum Gasteiger partial charge on any atom is -0.508 e. The van der Waals surface area contributed by atoms with Crippen molar-refractivity contribution >= 4 is 5.97 Å². The lowest BCUT2D eigenvalue weighted by molar-refractivity contribution is -0.152. The quantitative estimate of drug-likeness (QED) is 0.790. The van der Waals surface area contributed by atoms with Crippen LogP contribution in [0.25, 0.3) is 0 Å². The van der Waals surface area contributed by atoms with Crippen LogP contribution in [-0.4, -0.2) is 18.2 Å². The highest BCUT2D eigenvalue weighted by atomic mass is 19.1. The molecule has 5 heteroatoms. The van der Waals surface area contributed by atoms with Crippen molar-refractivity contribution in [3.05, 3.63) is 29.6 Å². The zero-order valence-electron chi connectivity index (χ0n) is 10.0. The van der Waals surface area contributed by atoms with Crippen LogP contribution >= 0.6 is 0 Å². The molecule has 0 aromatic heterocycles. The molecule has 0 aliphatic rings. The number of ether oxygens (including phenoxy) is 1. The maximum Gasteiger partial charge on any atom is 0.313 e. The number of halogens is 1. The molecule has 0 unspecified atom stereocenters. The number of carbonyl (C=O) groups is 1. The topological polar surface area (TPSA) is 72.5 Å². The third kappa shape index (κ3) is 2.55. The molecule has 0 amide bonds. The number of hydrogen-bond donors (Lipinski definition) is 2. The van der Waals surface area contributed by atoms with Crippen molar-refractivity contribution in [2.45, 2.75) is 19.9 Å². The minimum atomic E-state index is -1.05. The number of methoxy groups -OCH3 is 1. The average molecular weight is 241 g/mol. The van der Waals surface area contributed by atoms with Gasteiger partial charge in [-0.05, 0) is 19.9 Å². The SMILES string of the molecule is COC(=O)C(C)(C)[C@H](N)c1ccc(O)cc1F. The Bertz CT molecular complexity index is 432. The minimum absolute atomic E-state index is 0.165. The van der Waals surface area contributed by atoms with Gasteiger partial charge in [-0.3, -0.25) is 4.79 Å². The molecule has 4 nitrogen and oxygen atoms in total. The fourth-order valence-corrected chi connectivity index (χ4v) is 1.55. The predicted octanol–water partition coefficient (Wildman–Crippen LogP) is 1.73. The fraction of sp³-hybridized carbons (Fsp3) is 0.417. The second kappa shape index (κ2) is 4.71. The van der Waals surface area contributed by atoms with Crippen molar-refractivity contribution in [1.29, 1.82) is 0 Å². The van der Waals surface area contributed by atoms with E-state index in [1.54, 1.807) is 13.8 Å². The molecule has 0 aliphatic carbocycles. The Morgan fingerprint density at radius 3 is 2.59 bits per heavy atom. The number of carbonyl (C=O) groups excluding carboxylic acids is 1. The molecule has 1 aromatic rings. The number of rotatable bonds is 3. The first-order valence-electron chi connectivity index (χ1n) is 5.13. The van der Waals surface area contributed by atoms with E-state index in [-0.39, 0.29) is 11.3 Å². The van der Waals surface area contributed by atoms with Gasteiger partial charge < -0.3 is 15.6 Å². The standard InChI is InChI=1S/C12H16FNO3/c1-12(2,11(16)17-3)10(14)8-5-4-7(15)6-9(8)13/h4-6,10,15H,14H2,1-3H3/t10-/m1/s1. The summed E-state index contributed by atoms with van der Waals surface area (Å²) in [6.07, 6.45) is 0. The first-order valence-corrected chi connectivity index (χ1v) is 5.13. The molecular formula is C12H16FNO3. The number of aromatic hydroxyl groups is 1. The highest BCUT2D eigenvalue weighted by Gasteiger charge is 2.37. The average Bonchev–Trinajstić information content (AvgIpc) is 2.27. The van der Waals surface area contributed by atoms with Gasteiger partial charge in [-0.1, -0.05) is 6.07 Å². The molecule has 94 valence electrons. The molecule has 0 saturated heterocycles. The van der Waals surface area contributed by atoms with Crippen molar-refractivity contribution in [3.63, 3.8) is 0 Å². The second-order valence-corrected chi connectivity index (χ2v) is 4.40. The van der Waals surface area contributed by atoms with Crippen LogP contribution in [0.5, 0.6) is 5.75 Å². The highest BCUT2D eigenvalue weighted by Crippen LogP contribution is 2.34. The molecule has 17 heavy (non-hydrogen) atoms. The van der Waals surface area contributed by atoms with E-state index < -0.39 is 23.2 Å². The molecule has 0 radical (unpaired) electrons. The maximum atomic E-state index is 13.6. The third-order valence-corrected chi connectivity index (χ3v) is 2.81. The number of nitrogens with two attached hydrogens (primary N) is 1. The molecule has 0 bridgehead atoms. The maximum absolute atomic E-state index is 13.6. The Kier molecular flexibility index (Phi) is 3.72. The largest absolute Gasteiger partial charge is 0.508 e. The van der Waals surface area contributed by atoms with Gasteiger partial charge >= 0.3 is 5.97 Å². The monoisotopic (exact) mass is 241 g/mol. The summed E-state index contributed by atoms with van der Waals surface area (Å²) >= 11 is 0. The predicted molar refractivity (Wildman–Crippen MR) is 60.8 cm³/mol. The third-order valence-electron chi connectivity index (χ3n) is 2.81. The van der Waals surface area contributed by atoms with E-state index in [4.69, 9.17) is 10.8 Å². The van der Waals surface area contributed by atoms with Crippen molar-refractivity contribution in [2.75, 3.05) is 7.11 Å². The van der Waals surface area contributed by atoms with E-state index in [0.717, 1.165) is 6.07 Å². The summed E-state index contributed by atoms with van der Waals surface area (Å²) in [7, 11) is 1.25. The summed E-state index contributed by atoms with van der Waals surface area (Å²) in [5.74, 6) is -1.35. The van der Waals surface area contributed by atoms with Gasteiger partial charge in [0.25, 0.3) is 0 Å². The number of benzene rings is 1. The lowest BCUT2D eigenvalue weighted by atomic mass is 9.81. The van der Waals surface area contributed by atoms with Crippen LogP contribution in [0.1, 0.15) is 25.5 Å². The van der Waals surface area contributed by atoms with Crippen molar-refractivity contribution < 1.29 is 19.0 Å². The highest BCUT2D eigenvalue weighted by molar-refractivity contribution is 5.77. The molecule has 0 spiro atoms. The van der Waals surface area contributed by atoms with Crippen LogP contribution in [0.2, 0.25) is 0 Å². The van der Waals surface area contributed by atoms with Crippen LogP contribution in [0.3, 0.4) is 0 Å². The van der Waals surface area contributed by atoms with E-state index in [0.29, 0.717) is 0 Å². The van der Waals surface area contributed by atoms with Gasteiger partial charge in [-0.15, -0.1) is 0 Å². The van der Waals surface area contributed by atoms with Crippen LogP contribution in [0.4, 0.5) is 4.39 Å². The van der Waals surface area contributed by atoms with Crippen molar-refractivity contribution in [2.24, 2.45) is 11.1 Å². The van der Waals surface area contributed by atoms with E-state index in [1.165, 1.54) is 19.2 Å². The van der Waals surface area contributed by atoms with Crippen LogP contribution in [0, 0.1) is 11.2 Å². The summed E-state index contributed by atoms with van der Waals surface area (Å²) in [4.78, 5) is 11.6. The summed E-state index contributed by atoms with van der Waals surface area (Å²) in [5.41, 5.74) is 4.99. The summed E-state index contributed by atoms with van der Waals surface area (Å²) < 4.78 is 18.2. The first kappa shape index (κ1) is 13.4. The Balaban J connectivity index is 3.11. The first-order chi connectivity index (χ1) is 7.80. The molecular weight excluding hydrogens is 225 g/mol. The normalized spacial score (nSPS) is 13.2. The van der Waals surface area contributed by atoms with Gasteiger partial charge in [0, 0.05) is 17.7 Å². The number of hydrogen-bond acceptors (Lipinski definition) is 4. The Hall–Kier alpha value is -1.62. The van der Waals surface area contributed by atoms with Crippen molar-refractivity contribution in [1.82, 2.24) is 0 Å². The fourth-order valence-electron chi connectivity index (χ4n) is 1.55. The summed E-state index contributed by atoms with van der Waals surface area (Å²) in [5, 5.41) is 9.11.